The van der Waals surface area contributed by atoms with Crippen molar-refractivity contribution >= 4 is 23.4 Å². The van der Waals surface area contributed by atoms with E-state index in [4.69, 9.17) is 21.1 Å². The van der Waals surface area contributed by atoms with Crippen molar-refractivity contribution in [2.75, 3.05) is 0 Å². The van der Waals surface area contributed by atoms with Gasteiger partial charge in [0, 0.05) is 0 Å². The van der Waals surface area contributed by atoms with Gasteiger partial charge in [-0.1, -0.05) is 11.6 Å². The molecular formula is C10H8ClN3O5. The van der Waals surface area contributed by atoms with Gasteiger partial charge in [0.15, 0.2) is 5.02 Å². The molecule has 0 bridgehead atoms. The summed E-state index contributed by atoms with van der Waals surface area (Å²) in [5, 5.41) is 23.0. The molecule has 0 radical (unpaired) electrons. The fraction of sp³-hybridized carbons (Fsp3) is 0.200. The molecule has 0 spiro atoms. The Hall–Kier alpha value is -2.35. The third-order valence-electron chi connectivity index (χ3n) is 2.39. The second-order valence-corrected chi connectivity index (χ2v) is 4.15. The average molecular weight is 286 g/mol. The van der Waals surface area contributed by atoms with Crippen LogP contribution >= 0.6 is 11.6 Å². The normalized spacial score (nSPS) is 10.6. The van der Waals surface area contributed by atoms with Crippen molar-refractivity contribution in [1.29, 1.82) is 0 Å². The van der Waals surface area contributed by atoms with Crippen LogP contribution < -0.4 is 0 Å². The molecule has 0 aliphatic heterocycles. The first-order valence-electron chi connectivity index (χ1n) is 5.08. The molecule has 9 heteroatoms. The van der Waals surface area contributed by atoms with Gasteiger partial charge >= 0.3 is 11.8 Å². The number of aryl methyl sites for hydroxylation is 1. The molecule has 2 aromatic rings. The van der Waals surface area contributed by atoms with Gasteiger partial charge in [0.05, 0.1) is 11.3 Å². The maximum Gasteiger partial charge on any atom is 0.408 e. The summed E-state index contributed by atoms with van der Waals surface area (Å²) in [7, 11) is 0. The maximum atomic E-state index is 10.8. The first-order valence-corrected chi connectivity index (χ1v) is 5.46. The molecule has 0 amide bonds. The molecule has 0 atom stereocenters. The topological polar surface area (TPSA) is 111 Å². The Bertz CT molecular complexity index is 604. The van der Waals surface area contributed by atoms with E-state index in [1.165, 1.54) is 23.9 Å². The molecule has 100 valence electrons. The largest absolute Gasteiger partial charge is 0.478 e. The smallest absolute Gasteiger partial charge is 0.408 e. The van der Waals surface area contributed by atoms with E-state index in [1.807, 2.05) is 0 Å². The SMILES string of the molecule is Cc1oc(Cn2cc(Cl)c([N+](=O)[O-])n2)cc1C(=O)O. The van der Waals surface area contributed by atoms with E-state index >= 15 is 0 Å². The van der Waals surface area contributed by atoms with Crippen molar-refractivity contribution in [3.8, 4) is 0 Å². The second kappa shape index (κ2) is 4.73. The lowest BCUT2D eigenvalue weighted by atomic mass is 10.2. The minimum atomic E-state index is -1.10. The van der Waals surface area contributed by atoms with Crippen molar-refractivity contribution in [1.82, 2.24) is 9.78 Å². The van der Waals surface area contributed by atoms with Crippen LogP contribution in [0.15, 0.2) is 16.7 Å². The number of aromatic carboxylic acids is 1. The number of carboxylic acids is 1. The molecule has 19 heavy (non-hydrogen) atoms. The Labute approximate surface area is 111 Å². The Morgan fingerprint density at radius 1 is 1.68 bits per heavy atom. The van der Waals surface area contributed by atoms with Gasteiger partial charge in [0.2, 0.25) is 0 Å². The van der Waals surface area contributed by atoms with E-state index < -0.39 is 16.7 Å². The lowest BCUT2D eigenvalue weighted by Crippen LogP contribution is -2.00. The quantitative estimate of drug-likeness (QED) is 0.680. The van der Waals surface area contributed by atoms with Crippen molar-refractivity contribution in [3.63, 3.8) is 0 Å². The van der Waals surface area contributed by atoms with E-state index in [9.17, 15) is 14.9 Å². The number of nitrogens with zero attached hydrogens (tertiary/aromatic N) is 3. The molecule has 8 nitrogen and oxygen atoms in total. The van der Waals surface area contributed by atoms with E-state index in [1.54, 1.807) is 0 Å². The number of nitro groups is 1. The highest BCUT2D eigenvalue weighted by Crippen LogP contribution is 2.22. The molecule has 1 N–H and O–H groups in total. The van der Waals surface area contributed by atoms with Crippen LogP contribution in [0.4, 0.5) is 5.82 Å². The Kier molecular flexibility index (Phi) is 3.26. The van der Waals surface area contributed by atoms with Gasteiger partial charge in [-0.15, -0.1) is 0 Å². The summed E-state index contributed by atoms with van der Waals surface area (Å²) in [5.41, 5.74) is 0.0442. The van der Waals surface area contributed by atoms with Gasteiger partial charge in [-0.25, -0.2) is 4.79 Å². The zero-order valence-electron chi connectivity index (χ0n) is 9.66. The summed E-state index contributed by atoms with van der Waals surface area (Å²) in [6.45, 7) is 1.58. The van der Waals surface area contributed by atoms with Crippen LogP contribution in [0.5, 0.6) is 0 Å². The molecule has 0 fully saturated rings. The highest BCUT2D eigenvalue weighted by molar-refractivity contribution is 6.32. The van der Waals surface area contributed by atoms with Gasteiger partial charge < -0.3 is 19.6 Å². The number of hydrogen-bond donors (Lipinski definition) is 1. The summed E-state index contributed by atoms with van der Waals surface area (Å²) in [6, 6.07) is 1.35. The van der Waals surface area contributed by atoms with Crippen molar-refractivity contribution in [2.24, 2.45) is 0 Å². The minimum absolute atomic E-state index is 0.0442. The molecule has 2 heterocycles. The number of rotatable bonds is 4. The van der Waals surface area contributed by atoms with Crippen LogP contribution in [0.2, 0.25) is 5.02 Å². The lowest BCUT2D eigenvalue weighted by molar-refractivity contribution is -0.389. The Morgan fingerprint density at radius 2 is 2.37 bits per heavy atom. The number of hydrogen-bond acceptors (Lipinski definition) is 5. The van der Waals surface area contributed by atoms with E-state index in [-0.39, 0.29) is 22.9 Å². The molecule has 0 saturated heterocycles. The lowest BCUT2D eigenvalue weighted by Gasteiger charge is -1.91. The number of aromatic nitrogens is 2. The monoisotopic (exact) mass is 285 g/mol. The van der Waals surface area contributed by atoms with Gasteiger partial charge in [0.25, 0.3) is 0 Å². The predicted molar refractivity (Wildman–Crippen MR) is 63.4 cm³/mol. The molecule has 0 unspecified atom stereocenters. The summed E-state index contributed by atoms with van der Waals surface area (Å²) >= 11 is 5.64. The van der Waals surface area contributed by atoms with Crippen LogP contribution in [0.25, 0.3) is 0 Å². The first-order chi connectivity index (χ1) is 8.88. The minimum Gasteiger partial charge on any atom is -0.478 e. The molecular weight excluding hydrogens is 278 g/mol. The highest BCUT2D eigenvalue weighted by Gasteiger charge is 2.21. The Morgan fingerprint density at radius 3 is 2.84 bits per heavy atom. The number of carbonyl (C=O) groups is 1. The highest BCUT2D eigenvalue weighted by atomic mass is 35.5. The summed E-state index contributed by atoms with van der Waals surface area (Å²) in [6.07, 6.45) is 1.28. The van der Waals surface area contributed by atoms with Crippen molar-refractivity contribution in [3.05, 3.63) is 44.5 Å². The molecule has 0 aliphatic carbocycles. The summed E-state index contributed by atoms with van der Waals surface area (Å²) in [4.78, 5) is 20.7. The number of carboxylic acid groups (broad SMARTS) is 1. The van der Waals surface area contributed by atoms with Crippen LogP contribution in [-0.4, -0.2) is 25.8 Å². The summed E-state index contributed by atoms with van der Waals surface area (Å²) < 4.78 is 6.45. The third-order valence-corrected chi connectivity index (χ3v) is 2.66. The zero-order chi connectivity index (χ0) is 14.2. The van der Waals surface area contributed by atoms with E-state index in [2.05, 4.69) is 5.10 Å². The fourth-order valence-corrected chi connectivity index (χ4v) is 1.80. The molecule has 0 saturated carbocycles. The van der Waals surface area contributed by atoms with E-state index in [0.29, 0.717) is 5.76 Å². The second-order valence-electron chi connectivity index (χ2n) is 3.74. The van der Waals surface area contributed by atoms with Crippen molar-refractivity contribution in [2.45, 2.75) is 13.5 Å². The summed E-state index contributed by atoms with van der Waals surface area (Å²) in [5.74, 6) is -0.973. The third kappa shape index (κ3) is 2.58. The van der Waals surface area contributed by atoms with E-state index in [0.717, 1.165) is 0 Å². The average Bonchev–Trinajstić information content (AvgIpc) is 2.82. The zero-order valence-corrected chi connectivity index (χ0v) is 10.4. The molecule has 2 aromatic heterocycles. The molecule has 0 aromatic carbocycles. The maximum absolute atomic E-state index is 10.8. The first kappa shape index (κ1) is 13.1. The van der Waals surface area contributed by atoms with Gasteiger partial charge in [-0.05, 0) is 17.9 Å². The van der Waals surface area contributed by atoms with Gasteiger partial charge in [-0.3, -0.25) is 0 Å². The van der Waals surface area contributed by atoms with Gasteiger partial charge in [0.1, 0.15) is 23.6 Å². The standard InChI is InChI=1S/C10H8ClN3O5/c1-5-7(10(15)16)2-6(19-5)3-13-4-8(11)9(12-13)14(17)18/h2,4H,3H2,1H3,(H,15,16). The van der Waals surface area contributed by atoms with Crippen LogP contribution in [0.3, 0.4) is 0 Å². The number of halogens is 1. The van der Waals surface area contributed by atoms with Crippen LogP contribution in [0, 0.1) is 17.0 Å². The molecule has 0 aliphatic rings. The number of furan rings is 1. The predicted octanol–water partition coefficient (Wildman–Crippen LogP) is 2.09. The molecule has 2 rings (SSSR count). The van der Waals surface area contributed by atoms with Crippen LogP contribution in [-0.2, 0) is 6.54 Å². The Balaban J connectivity index is 2.26. The van der Waals surface area contributed by atoms with Crippen LogP contribution in [0.1, 0.15) is 21.9 Å². The fourth-order valence-electron chi connectivity index (χ4n) is 1.59. The van der Waals surface area contributed by atoms with Gasteiger partial charge in [-0.2, -0.15) is 4.68 Å². The van der Waals surface area contributed by atoms with Crippen molar-refractivity contribution < 1.29 is 19.2 Å².